The van der Waals surface area contributed by atoms with Crippen LogP contribution in [0.4, 0.5) is 10.5 Å². The van der Waals surface area contributed by atoms with E-state index in [0.29, 0.717) is 29.3 Å². The Morgan fingerprint density at radius 2 is 2.05 bits per heavy atom. The largest absolute Gasteiger partial charge is 0.393 e. The quantitative estimate of drug-likeness (QED) is 0.785. The average molecular weight is 345 g/mol. The van der Waals surface area contributed by atoms with Crippen LogP contribution in [0.3, 0.4) is 0 Å². The molecule has 5 nitrogen and oxygen atoms in total. The van der Waals surface area contributed by atoms with E-state index in [-0.39, 0.29) is 18.2 Å². The molecule has 1 aromatic rings. The highest BCUT2D eigenvalue weighted by Gasteiger charge is 2.21. The topological polar surface area (TPSA) is 78.4 Å². The first kappa shape index (κ1) is 17.2. The van der Waals surface area contributed by atoms with Gasteiger partial charge in [-0.15, -0.1) is 0 Å². The minimum atomic E-state index is -0.948. The molecule has 7 heteroatoms. The third kappa shape index (κ3) is 5.26. The molecular formula is C15H21ClN2O3S. The van der Waals surface area contributed by atoms with Gasteiger partial charge in [0.25, 0.3) is 0 Å². The van der Waals surface area contributed by atoms with Gasteiger partial charge in [-0.2, -0.15) is 0 Å². The van der Waals surface area contributed by atoms with E-state index in [9.17, 15) is 14.1 Å². The van der Waals surface area contributed by atoms with Gasteiger partial charge in [0.1, 0.15) is 0 Å². The molecular weight excluding hydrogens is 324 g/mol. The Balaban J connectivity index is 1.94. The van der Waals surface area contributed by atoms with Crippen LogP contribution < -0.4 is 10.6 Å². The number of anilines is 1. The molecule has 3 N–H and O–H groups in total. The molecule has 22 heavy (non-hydrogen) atoms. The number of carbonyl (C=O) groups is 1. The van der Waals surface area contributed by atoms with Crippen molar-refractivity contribution >= 4 is 34.1 Å². The molecule has 1 aromatic carbocycles. The van der Waals surface area contributed by atoms with Crippen molar-refractivity contribution in [2.75, 3.05) is 11.6 Å². The molecule has 1 saturated carbocycles. The van der Waals surface area contributed by atoms with Gasteiger partial charge in [0.15, 0.2) is 0 Å². The molecule has 0 bridgehead atoms. The molecule has 0 heterocycles. The van der Waals surface area contributed by atoms with Crippen molar-refractivity contribution in [1.82, 2.24) is 5.32 Å². The summed E-state index contributed by atoms with van der Waals surface area (Å²) in [4.78, 5) is 12.0. The van der Waals surface area contributed by atoms with Gasteiger partial charge in [-0.3, -0.25) is 4.21 Å². The van der Waals surface area contributed by atoms with Gasteiger partial charge < -0.3 is 15.7 Å². The summed E-state index contributed by atoms with van der Waals surface area (Å²) in [6, 6.07) is 5.01. The number of aliphatic hydroxyl groups is 1. The molecule has 0 saturated heterocycles. The molecule has 0 spiro atoms. The lowest BCUT2D eigenvalue weighted by Gasteiger charge is -2.26. The van der Waals surface area contributed by atoms with Crippen molar-refractivity contribution in [3.05, 3.63) is 28.8 Å². The molecule has 1 aliphatic rings. The van der Waals surface area contributed by atoms with E-state index in [0.717, 1.165) is 18.4 Å². The van der Waals surface area contributed by atoms with Crippen molar-refractivity contribution in [2.45, 2.75) is 43.6 Å². The van der Waals surface area contributed by atoms with Gasteiger partial charge in [-0.25, -0.2) is 4.79 Å². The SMILES string of the molecule is CS(=O)Cc1ccc(Cl)c(NC(=O)NC2CCC(O)CC2)c1. The monoisotopic (exact) mass is 344 g/mol. The smallest absolute Gasteiger partial charge is 0.319 e. The fourth-order valence-electron chi connectivity index (χ4n) is 2.56. The molecule has 2 rings (SSSR count). The predicted molar refractivity (Wildman–Crippen MR) is 89.6 cm³/mol. The molecule has 122 valence electrons. The molecule has 2 amide bonds. The Morgan fingerprint density at radius 1 is 1.36 bits per heavy atom. The minimum absolute atomic E-state index is 0.0773. The van der Waals surface area contributed by atoms with Crippen molar-refractivity contribution in [2.24, 2.45) is 0 Å². The average Bonchev–Trinajstić information content (AvgIpc) is 2.44. The van der Waals surface area contributed by atoms with Crippen LogP contribution >= 0.6 is 11.6 Å². The van der Waals surface area contributed by atoms with Crippen molar-refractivity contribution in [3.8, 4) is 0 Å². The number of nitrogens with one attached hydrogen (secondary N) is 2. The van der Waals surface area contributed by atoms with Crippen LogP contribution in [0, 0.1) is 0 Å². The molecule has 1 aliphatic carbocycles. The van der Waals surface area contributed by atoms with Gasteiger partial charge in [0.2, 0.25) is 0 Å². The van der Waals surface area contributed by atoms with Crippen molar-refractivity contribution < 1.29 is 14.1 Å². The fraction of sp³-hybridized carbons (Fsp3) is 0.533. The minimum Gasteiger partial charge on any atom is -0.393 e. The van der Waals surface area contributed by atoms with E-state index < -0.39 is 10.8 Å². The highest BCUT2D eigenvalue weighted by Crippen LogP contribution is 2.24. The maximum absolute atomic E-state index is 12.0. The zero-order valence-electron chi connectivity index (χ0n) is 12.5. The Hall–Kier alpha value is -1.11. The number of benzene rings is 1. The third-order valence-electron chi connectivity index (χ3n) is 3.68. The van der Waals surface area contributed by atoms with Crippen LogP contribution in [0.15, 0.2) is 18.2 Å². The van der Waals surface area contributed by atoms with Crippen LogP contribution in [0.25, 0.3) is 0 Å². The van der Waals surface area contributed by atoms with E-state index in [4.69, 9.17) is 11.6 Å². The number of amides is 2. The second-order valence-electron chi connectivity index (χ2n) is 5.64. The number of hydrogen-bond donors (Lipinski definition) is 3. The molecule has 0 radical (unpaired) electrons. The second kappa shape index (κ2) is 7.94. The molecule has 1 atom stereocenters. The van der Waals surface area contributed by atoms with Gasteiger partial charge in [-0.05, 0) is 43.4 Å². The van der Waals surface area contributed by atoms with Crippen LogP contribution in [-0.4, -0.2) is 33.7 Å². The number of carbonyl (C=O) groups excluding carboxylic acids is 1. The summed E-state index contributed by atoms with van der Waals surface area (Å²) in [6.07, 6.45) is 4.36. The van der Waals surface area contributed by atoms with E-state index in [1.807, 2.05) is 0 Å². The lowest BCUT2D eigenvalue weighted by molar-refractivity contribution is 0.118. The molecule has 1 unspecified atom stereocenters. The zero-order valence-corrected chi connectivity index (χ0v) is 14.0. The first-order valence-electron chi connectivity index (χ1n) is 7.28. The summed E-state index contributed by atoms with van der Waals surface area (Å²) in [5.41, 5.74) is 1.37. The van der Waals surface area contributed by atoms with Crippen LogP contribution in [-0.2, 0) is 16.6 Å². The standard InChI is InChI=1S/C15H21ClN2O3S/c1-22(21)9-10-2-7-13(16)14(8-10)18-15(20)17-11-3-5-12(19)6-4-11/h2,7-8,11-12,19H,3-6,9H2,1H3,(H2,17,18,20). The van der Waals surface area contributed by atoms with Crippen molar-refractivity contribution in [3.63, 3.8) is 0 Å². The van der Waals surface area contributed by atoms with Crippen LogP contribution in [0.5, 0.6) is 0 Å². The van der Waals surface area contributed by atoms with E-state index in [1.54, 1.807) is 24.5 Å². The number of aliphatic hydroxyl groups excluding tert-OH is 1. The molecule has 0 aromatic heterocycles. The maximum atomic E-state index is 12.0. The van der Waals surface area contributed by atoms with Gasteiger partial charge in [0.05, 0.1) is 16.8 Å². The Morgan fingerprint density at radius 3 is 2.68 bits per heavy atom. The Bertz CT molecular complexity index is 560. The second-order valence-corrected chi connectivity index (χ2v) is 7.48. The number of halogens is 1. The number of rotatable bonds is 4. The highest BCUT2D eigenvalue weighted by molar-refractivity contribution is 7.83. The van der Waals surface area contributed by atoms with Crippen LogP contribution in [0.1, 0.15) is 31.2 Å². The first-order chi connectivity index (χ1) is 10.4. The summed E-state index contributed by atoms with van der Waals surface area (Å²) < 4.78 is 11.3. The third-order valence-corrected chi connectivity index (χ3v) is 4.75. The summed E-state index contributed by atoms with van der Waals surface area (Å²) in [6.45, 7) is 0. The summed E-state index contributed by atoms with van der Waals surface area (Å²) in [7, 11) is -0.948. The van der Waals surface area contributed by atoms with Crippen LogP contribution in [0.2, 0.25) is 5.02 Å². The summed E-state index contributed by atoms with van der Waals surface area (Å²) in [5, 5.41) is 15.5. The van der Waals surface area contributed by atoms with Gasteiger partial charge >= 0.3 is 6.03 Å². The number of hydrogen-bond acceptors (Lipinski definition) is 3. The van der Waals surface area contributed by atoms with Gasteiger partial charge in [0, 0.05) is 28.9 Å². The lowest BCUT2D eigenvalue weighted by Crippen LogP contribution is -2.40. The normalized spacial score (nSPS) is 22.9. The fourth-order valence-corrected chi connectivity index (χ4v) is 3.37. The van der Waals surface area contributed by atoms with E-state index in [2.05, 4.69) is 10.6 Å². The summed E-state index contributed by atoms with van der Waals surface area (Å²) >= 11 is 6.09. The Kier molecular flexibility index (Phi) is 6.23. The summed E-state index contributed by atoms with van der Waals surface area (Å²) in [5.74, 6) is 0.425. The first-order valence-corrected chi connectivity index (χ1v) is 9.38. The Labute approximate surface area is 137 Å². The lowest BCUT2D eigenvalue weighted by atomic mass is 9.93. The molecule has 0 aliphatic heterocycles. The predicted octanol–water partition coefficient (Wildman–Crippen LogP) is 2.64. The van der Waals surface area contributed by atoms with E-state index >= 15 is 0 Å². The zero-order chi connectivity index (χ0) is 16.1. The van der Waals surface area contributed by atoms with Gasteiger partial charge in [-0.1, -0.05) is 17.7 Å². The number of urea groups is 1. The highest BCUT2D eigenvalue weighted by atomic mass is 35.5. The van der Waals surface area contributed by atoms with E-state index in [1.165, 1.54) is 0 Å². The molecule has 1 fully saturated rings. The van der Waals surface area contributed by atoms with Crippen molar-refractivity contribution in [1.29, 1.82) is 0 Å². The maximum Gasteiger partial charge on any atom is 0.319 e.